The summed E-state index contributed by atoms with van der Waals surface area (Å²) in [6.07, 6.45) is 3.92. The molecule has 120 valence electrons. The number of thioether (sulfide) groups is 1. The quantitative estimate of drug-likeness (QED) is 0.633. The van der Waals surface area contributed by atoms with Gasteiger partial charge < -0.3 is 4.57 Å². The number of hydrazine groups is 1. The van der Waals surface area contributed by atoms with Crippen LogP contribution in [-0.2, 0) is 4.79 Å². The summed E-state index contributed by atoms with van der Waals surface area (Å²) in [7, 11) is 0. The lowest BCUT2D eigenvalue weighted by Crippen LogP contribution is -2.42. The molecular formula is C14H14ClN5O2S. The molecule has 1 fully saturated rings. The van der Waals surface area contributed by atoms with Crippen LogP contribution in [0.5, 0.6) is 0 Å². The van der Waals surface area contributed by atoms with Gasteiger partial charge in [-0.1, -0.05) is 23.4 Å². The molecule has 2 amide bonds. The number of hydrogen-bond acceptors (Lipinski definition) is 5. The molecule has 1 saturated carbocycles. The molecule has 7 nitrogen and oxygen atoms in total. The summed E-state index contributed by atoms with van der Waals surface area (Å²) in [5.41, 5.74) is 5.15. The highest BCUT2D eigenvalue weighted by Crippen LogP contribution is 2.37. The zero-order valence-corrected chi connectivity index (χ0v) is 13.6. The number of aromatic nitrogens is 3. The molecule has 3 rings (SSSR count). The molecule has 1 aliphatic carbocycles. The van der Waals surface area contributed by atoms with Crippen molar-refractivity contribution in [3.05, 3.63) is 41.2 Å². The van der Waals surface area contributed by atoms with E-state index < -0.39 is 5.91 Å². The predicted molar refractivity (Wildman–Crippen MR) is 86.1 cm³/mol. The normalized spacial score (nSPS) is 13.6. The Morgan fingerprint density at radius 3 is 2.70 bits per heavy atom. The largest absolute Gasteiger partial charge is 0.306 e. The smallest absolute Gasteiger partial charge is 0.269 e. The van der Waals surface area contributed by atoms with Gasteiger partial charge in [0.15, 0.2) is 5.16 Å². The molecule has 1 aromatic carbocycles. The fourth-order valence-corrected chi connectivity index (χ4v) is 2.81. The van der Waals surface area contributed by atoms with E-state index >= 15 is 0 Å². The van der Waals surface area contributed by atoms with Crippen molar-refractivity contribution in [1.29, 1.82) is 0 Å². The number of amides is 2. The first-order valence-electron chi connectivity index (χ1n) is 7.00. The zero-order chi connectivity index (χ0) is 16.2. The van der Waals surface area contributed by atoms with Crippen molar-refractivity contribution in [3.8, 4) is 0 Å². The Hall–Kier alpha value is -2.06. The van der Waals surface area contributed by atoms with Crippen molar-refractivity contribution in [2.45, 2.75) is 24.0 Å². The summed E-state index contributed by atoms with van der Waals surface area (Å²) >= 11 is 7.04. The van der Waals surface area contributed by atoms with E-state index in [-0.39, 0.29) is 11.7 Å². The molecule has 0 spiro atoms. The van der Waals surface area contributed by atoms with Crippen LogP contribution in [0.3, 0.4) is 0 Å². The van der Waals surface area contributed by atoms with Gasteiger partial charge in [0.2, 0.25) is 5.91 Å². The molecular weight excluding hydrogens is 338 g/mol. The van der Waals surface area contributed by atoms with Crippen LogP contribution in [0.2, 0.25) is 5.02 Å². The van der Waals surface area contributed by atoms with E-state index in [1.165, 1.54) is 11.8 Å². The second kappa shape index (κ2) is 7.01. The third-order valence-corrected chi connectivity index (χ3v) is 4.44. The lowest BCUT2D eigenvalue weighted by molar-refractivity contribution is -0.119. The predicted octanol–water partition coefficient (Wildman–Crippen LogP) is 1.82. The van der Waals surface area contributed by atoms with E-state index in [0.717, 1.165) is 12.8 Å². The van der Waals surface area contributed by atoms with E-state index in [1.54, 1.807) is 30.6 Å². The Bertz CT molecular complexity index is 714. The lowest BCUT2D eigenvalue weighted by atomic mass is 10.2. The van der Waals surface area contributed by atoms with Gasteiger partial charge >= 0.3 is 0 Å². The molecule has 2 aromatic rings. The Balaban J connectivity index is 1.45. The number of hydrogen-bond donors (Lipinski definition) is 2. The first-order valence-corrected chi connectivity index (χ1v) is 8.37. The van der Waals surface area contributed by atoms with Crippen molar-refractivity contribution < 1.29 is 9.59 Å². The molecule has 0 atom stereocenters. The number of rotatable bonds is 5. The molecule has 0 aliphatic heterocycles. The molecule has 1 aromatic heterocycles. The summed E-state index contributed by atoms with van der Waals surface area (Å²) in [6.45, 7) is 0. The van der Waals surface area contributed by atoms with Crippen molar-refractivity contribution in [3.63, 3.8) is 0 Å². The van der Waals surface area contributed by atoms with Gasteiger partial charge in [-0.2, -0.15) is 0 Å². The Labute approximate surface area is 141 Å². The molecule has 0 unspecified atom stereocenters. The monoisotopic (exact) mass is 351 g/mol. The maximum absolute atomic E-state index is 11.8. The molecule has 23 heavy (non-hydrogen) atoms. The van der Waals surface area contributed by atoms with Crippen LogP contribution in [-0.4, -0.2) is 32.3 Å². The number of carbonyl (C=O) groups is 2. The lowest BCUT2D eigenvalue weighted by Gasteiger charge is -2.07. The van der Waals surface area contributed by atoms with Gasteiger partial charge in [0.1, 0.15) is 6.33 Å². The molecule has 1 aliphatic rings. The van der Waals surface area contributed by atoms with Crippen LogP contribution >= 0.6 is 23.4 Å². The van der Waals surface area contributed by atoms with Gasteiger partial charge in [-0.15, -0.1) is 10.2 Å². The third-order valence-electron chi connectivity index (χ3n) is 3.23. The molecule has 0 bridgehead atoms. The van der Waals surface area contributed by atoms with Crippen LogP contribution < -0.4 is 10.9 Å². The van der Waals surface area contributed by atoms with E-state index in [4.69, 9.17) is 11.6 Å². The Morgan fingerprint density at radius 2 is 2.00 bits per heavy atom. The summed E-state index contributed by atoms with van der Waals surface area (Å²) in [5.74, 6) is -0.574. The number of nitrogens with one attached hydrogen (secondary N) is 2. The van der Waals surface area contributed by atoms with Crippen molar-refractivity contribution in [1.82, 2.24) is 25.6 Å². The minimum atomic E-state index is -0.402. The highest BCUT2D eigenvalue weighted by Gasteiger charge is 2.26. The summed E-state index contributed by atoms with van der Waals surface area (Å²) < 4.78 is 1.98. The van der Waals surface area contributed by atoms with Gasteiger partial charge in [-0.25, -0.2) is 0 Å². The van der Waals surface area contributed by atoms with Gasteiger partial charge in [0, 0.05) is 16.6 Å². The van der Waals surface area contributed by atoms with E-state index in [2.05, 4.69) is 21.0 Å². The minimum Gasteiger partial charge on any atom is -0.306 e. The van der Waals surface area contributed by atoms with E-state index in [0.29, 0.717) is 21.8 Å². The summed E-state index contributed by atoms with van der Waals surface area (Å²) in [4.78, 5) is 23.6. The maximum atomic E-state index is 11.8. The number of nitrogens with zero attached hydrogens (tertiary/aromatic N) is 3. The molecule has 9 heteroatoms. The second-order valence-electron chi connectivity index (χ2n) is 5.05. The van der Waals surface area contributed by atoms with Crippen LogP contribution in [0.1, 0.15) is 29.2 Å². The first-order chi connectivity index (χ1) is 11.1. The average Bonchev–Trinajstić information content (AvgIpc) is 3.29. The molecule has 0 radical (unpaired) electrons. The number of carbonyl (C=O) groups excluding carboxylic acids is 2. The Morgan fingerprint density at radius 1 is 1.26 bits per heavy atom. The Kier molecular flexibility index (Phi) is 4.82. The third kappa shape index (κ3) is 4.23. The van der Waals surface area contributed by atoms with E-state index in [1.807, 2.05) is 4.57 Å². The maximum Gasteiger partial charge on any atom is 0.269 e. The summed E-state index contributed by atoms with van der Waals surface area (Å²) in [5, 5.41) is 9.12. The van der Waals surface area contributed by atoms with Crippen molar-refractivity contribution in [2.24, 2.45) is 0 Å². The van der Waals surface area contributed by atoms with Crippen molar-refractivity contribution in [2.75, 3.05) is 5.75 Å². The van der Waals surface area contributed by atoms with Crippen LogP contribution in [0.25, 0.3) is 0 Å². The zero-order valence-electron chi connectivity index (χ0n) is 12.0. The first kappa shape index (κ1) is 15.8. The van der Waals surface area contributed by atoms with E-state index in [9.17, 15) is 9.59 Å². The van der Waals surface area contributed by atoms with Crippen LogP contribution in [0.15, 0.2) is 35.7 Å². The minimum absolute atomic E-state index is 0.145. The van der Waals surface area contributed by atoms with Crippen LogP contribution in [0.4, 0.5) is 0 Å². The van der Waals surface area contributed by atoms with Gasteiger partial charge in [-0.3, -0.25) is 20.4 Å². The SMILES string of the molecule is O=C(CSc1nncn1C1CC1)NNC(=O)c1ccc(Cl)cc1. The number of halogens is 1. The highest BCUT2D eigenvalue weighted by atomic mass is 35.5. The molecule has 1 heterocycles. The molecule has 0 saturated heterocycles. The second-order valence-corrected chi connectivity index (χ2v) is 6.43. The van der Waals surface area contributed by atoms with Crippen molar-refractivity contribution >= 4 is 35.2 Å². The molecule has 2 N–H and O–H groups in total. The fraction of sp³-hybridized carbons (Fsp3) is 0.286. The fourth-order valence-electron chi connectivity index (χ4n) is 1.90. The number of benzene rings is 1. The average molecular weight is 352 g/mol. The van der Waals surface area contributed by atoms with Gasteiger partial charge in [0.05, 0.1) is 5.75 Å². The van der Waals surface area contributed by atoms with Crippen LogP contribution in [0, 0.1) is 0 Å². The van der Waals surface area contributed by atoms with Gasteiger partial charge in [-0.05, 0) is 37.1 Å². The highest BCUT2D eigenvalue weighted by molar-refractivity contribution is 7.99. The summed E-state index contributed by atoms with van der Waals surface area (Å²) in [6, 6.07) is 6.84. The standard InChI is InChI=1S/C14H14ClN5O2S/c15-10-3-1-9(2-4-10)13(22)18-17-12(21)7-23-14-19-16-8-20(14)11-5-6-11/h1-4,8,11H,5-7H2,(H,17,21)(H,18,22). The van der Waals surface area contributed by atoms with Gasteiger partial charge in [0.25, 0.3) is 5.91 Å². The topological polar surface area (TPSA) is 88.9 Å².